The lowest BCUT2D eigenvalue weighted by atomic mass is 10.1. The third-order valence-corrected chi connectivity index (χ3v) is 4.93. The van der Waals surface area contributed by atoms with Crippen molar-refractivity contribution < 1.29 is 19.3 Å². The molecule has 1 atom stereocenters. The topological polar surface area (TPSA) is 87.6 Å². The van der Waals surface area contributed by atoms with E-state index < -0.39 is 5.60 Å². The number of nitrogens with one attached hydrogen (secondary N) is 2. The molecule has 10 heteroatoms. The van der Waals surface area contributed by atoms with Gasteiger partial charge in [0.05, 0.1) is 44.1 Å². The number of halogens is 2. The van der Waals surface area contributed by atoms with Crippen LogP contribution < -0.4 is 20.1 Å². The second-order valence-electron chi connectivity index (χ2n) is 7.48. The average molecular weight is 571 g/mol. The fraction of sp³-hybridized carbons (Fsp3) is 0.667. The Labute approximate surface area is 207 Å². The van der Waals surface area contributed by atoms with E-state index >= 15 is 0 Å². The molecule has 0 aliphatic carbocycles. The highest BCUT2D eigenvalue weighted by molar-refractivity contribution is 14.0. The van der Waals surface area contributed by atoms with Crippen molar-refractivity contribution in [2.75, 3.05) is 59.7 Å². The molecule has 3 N–H and O–H groups in total. The van der Waals surface area contributed by atoms with Gasteiger partial charge < -0.3 is 30.0 Å². The van der Waals surface area contributed by atoms with E-state index in [0.717, 1.165) is 18.7 Å². The van der Waals surface area contributed by atoms with Crippen LogP contribution in [-0.4, -0.2) is 81.2 Å². The predicted octanol–water partition coefficient (Wildman–Crippen LogP) is 2.50. The Bertz CT molecular complexity index is 700. The van der Waals surface area contributed by atoms with Gasteiger partial charge in [-0.1, -0.05) is 11.6 Å². The molecule has 1 aliphatic heterocycles. The number of aliphatic hydroxyl groups is 1. The first kappa shape index (κ1) is 28.0. The van der Waals surface area contributed by atoms with E-state index in [1.165, 1.54) is 0 Å². The van der Waals surface area contributed by atoms with Crippen molar-refractivity contribution in [3.63, 3.8) is 0 Å². The molecule has 0 radical (unpaired) electrons. The van der Waals surface area contributed by atoms with Crippen molar-refractivity contribution in [1.29, 1.82) is 0 Å². The smallest absolute Gasteiger partial charge is 0.191 e. The quantitative estimate of drug-likeness (QED) is 0.226. The van der Waals surface area contributed by atoms with Gasteiger partial charge in [0.25, 0.3) is 0 Å². The molecule has 8 nitrogen and oxygen atoms in total. The molecule has 1 fully saturated rings. The van der Waals surface area contributed by atoms with Gasteiger partial charge in [-0.3, -0.25) is 4.90 Å². The summed E-state index contributed by atoms with van der Waals surface area (Å²) in [5.41, 5.74) is 0.0109. The predicted molar refractivity (Wildman–Crippen MR) is 135 cm³/mol. The summed E-state index contributed by atoms with van der Waals surface area (Å²) in [6.45, 7) is 11.4. The number of guanidine groups is 1. The summed E-state index contributed by atoms with van der Waals surface area (Å²) in [5, 5.41) is 17.7. The van der Waals surface area contributed by atoms with Crippen LogP contribution in [0.3, 0.4) is 0 Å². The van der Waals surface area contributed by atoms with E-state index in [-0.39, 0.29) is 24.0 Å². The first-order valence-electron chi connectivity index (χ1n) is 10.4. The Morgan fingerprint density at radius 2 is 2.00 bits per heavy atom. The summed E-state index contributed by atoms with van der Waals surface area (Å²) in [6, 6.07) is 3.70. The lowest BCUT2D eigenvalue weighted by Gasteiger charge is -2.34. The van der Waals surface area contributed by atoms with Crippen LogP contribution in [0.25, 0.3) is 0 Å². The van der Waals surface area contributed by atoms with Crippen LogP contribution in [0.1, 0.15) is 26.3 Å². The molecule has 0 bridgehead atoms. The number of β-amino-alcohol motifs (C(OH)–C–C–N with tert-alkyl or cyclic N) is 1. The van der Waals surface area contributed by atoms with E-state index in [0.29, 0.717) is 68.5 Å². The summed E-state index contributed by atoms with van der Waals surface area (Å²) in [5.74, 6) is 1.75. The maximum atomic E-state index is 10.8. The van der Waals surface area contributed by atoms with Crippen molar-refractivity contribution in [3.8, 4) is 11.5 Å². The first-order valence-corrected chi connectivity index (χ1v) is 10.8. The fourth-order valence-electron chi connectivity index (χ4n) is 3.23. The summed E-state index contributed by atoms with van der Waals surface area (Å²) < 4.78 is 16.3. The van der Waals surface area contributed by atoms with Crippen LogP contribution in [-0.2, 0) is 11.3 Å². The summed E-state index contributed by atoms with van der Waals surface area (Å²) >= 11 is 6.35. The van der Waals surface area contributed by atoms with Gasteiger partial charge >= 0.3 is 0 Å². The number of hydrogen-bond acceptors (Lipinski definition) is 6. The molecule has 0 saturated carbocycles. The molecular weight excluding hydrogens is 535 g/mol. The normalized spacial score (nSPS) is 16.8. The lowest BCUT2D eigenvalue weighted by molar-refractivity contribution is -0.0201. The van der Waals surface area contributed by atoms with Gasteiger partial charge in [0.2, 0.25) is 0 Å². The SMILES string of the molecule is CCNC(=NCc1cc(Cl)c(OCC)c(OC)c1)NCC(C)(O)CN1CCOCC1.I. The molecule has 0 amide bonds. The van der Waals surface area contributed by atoms with Gasteiger partial charge in [0.15, 0.2) is 17.5 Å². The molecule has 1 heterocycles. The van der Waals surface area contributed by atoms with Crippen LogP contribution in [0, 0.1) is 0 Å². The molecule has 0 spiro atoms. The number of ether oxygens (including phenoxy) is 3. The van der Waals surface area contributed by atoms with Gasteiger partial charge in [-0.15, -0.1) is 24.0 Å². The average Bonchev–Trinajstić information content (AvgIpc) is 2.72. The number of benzene rings is 1. The minimum Gasteiger partial charge on any atom is -0.493 e. The second kappa shape index (κ2) is 14.2. The Morgan fingerprint density at radius 1 is 1.29 bits per heavy atom. The van der Waals surface area contributed by atoms with E-state index in [2.05, 4.69) is 20.5 Å². The van der Waals surface area contributed by atoms with Crippen LogP contribution >= 0.6 is 35.6 Å². The maximum Gasteiger partial charge on any atom is 0.191 e. The van der Waals surface area contributed by atoms with E-state index in [4.69, 9.17) is 25.8 Å². The van der Waals surface area contributed by atoms with Gasteiger partial charge in [-0.05, 0) is 38.5 Å². The molecule has 1 aliphatic rings. The molecule has 31 heavy (non-hydrogen) atoms. The Balaban J connectivity index is 0.00000480. The standard InChI is InChI=1S/C21H35ClN4O4.HI/c1-5-23-20(25-14-21(3,27)15-26-7-9-29-10-8-26)24-13-16-11-17(22)19(30-6-2)18(12-16)28-4;/h11-12,27H,5-10,13-15H2,1-4H3,(H2,23,24,25);1H. The van der Waals surface area contributed by atoms with E-state index in [1.807, 2.05) is 32.9 Å². The Kier molecular flexibility index (Phi) is 12.8. The van der Waals surface area contributed by atoms with E-state index in [1.54, 1.807) is 7.11 Å². The monoisotopic (exact) mass is 570 g/mol. The number of methoxy groups -OCH3 is 1. The number of aliphatic imine (C=N–C) groups is 1. The van der Waals surface area contributed by atoms with Crippen molar-refractivity contribution in [3.05, 3.63) is 22.7 Å². The molecule has 178 valence electrons. The molecule has 1 unspecified atom stereocenters. The van der Waals surface area contributed by atoms with Crippen LogP contribution in [0.4, 0.5) is 0 Å². The van der Waals surface area contributed by atoms with Crippen LogP contribution in [0.2, 0.25) is 5.02 Å². The van der Waals surface area contributed by atoms with Gasteiger partial charge in [-0.2, -0.15) is 0 Å². The zero-order chi connectivity index (χ0) is 22.0. The highest BCUT2D eigenvalue weighted by atomic mass is 127. The zero-order valence-corrected chi connectivity index (χ0v) is 22.0. The first-order chi connectivity index (χ1) is 14.4. The van der Waals surface area contributed by atoms with Gasteiger partial charge in [-0.25, -0.2) is 4.99 Å². The number of nitrogens with zero attached hydrogens (tertiary/aromatic N) is 2. The third kappa shape index (κ3) is 9.56. The lowest BCUT2D eigenvalue weighted by Crippen LogP contribution is -2.52. The van der Waals surface area contributed by atoms with Crippen molar-refractivity contribution in [2.24, 2.45) is 4.99 Å². The Hall–Kier alpha value is -1.01. The van der Waals surface area contributed by atoms with E-state index in [9.17, 15) is 5.11 Å². The second-order valence-corrected chi connectivity index (χ2v) is 7.88. The number of hydrogen-bond donors (Lipinski definition) is 3. The molecule has 2 rings (SSSR count). The van der Waals surface area contributed by atoms with Crippen molar-refractivity contribution in [1.82, 2.24) is 15.5 Å². The molecular formula is C21H36ClIN4O4. The maximum absolute atomic E-state index is 10.8. The molecule has 1 saturated heterocycles. The molecule has 1 aromatic rings. The highest BCUT2D eigenvalue weighted by Crippen LogP contribution is 2.36. The summed E-state index contributed by atoms with van der Waals surface area (Å²) in [7, 11) is 1.59. The highest BCUT2D eigenvalue weighted by Gasteiger charge is 2.25. The molecule has 1 aromatic carbocycles. The van der Waals surface area contributed by atoms with Crippen molar-refractivity contribution >= 4 is 41.5 Å². The minimum atomic E-state index is -0.890. The summed E-state index contributed by atoms with van der Waals surface area (Å²) in [6.07, 6.45) is 0. The Morgan fingerprint density at radius 3 is 2.61 bits per heavy atom. The minimum absolute atomic E-state index is 0. The zero-order valence-electron chi connectivity index (χ0n) is 18.9. The largest absolute Gasteiger partial charge is 0.493 e. The number of rotatable bonds is 10. The van der Waals surface area contributed by atoms with Gasteiger partial charge in [0, 0.05) is 32.7 Å². The van der Waals surface area contributed by atoms with Crippen LogP contribution in [0.15, 0.2) is 17.1 Å². The third-order valence-electron chi connectivity index (χ3n) is 4.65. The fourth-order valence-corrected chi connectivity index (χ4v) is 3.52. The van der Waals surface area contributed by atoms with Crippen LogP contribution in [0.5, 0.6) is 11.5 Å². The van der Waals surface area contributed by atoms with Gasteiger partial charge in [0.1, 0.15) is 0 Å². The summed E-state index contributed by atoms with van der Waals surface area (Å²) in [4.78, 5) is 6.83. The number of morpholine rings is 1. The molecule has 0 aromatic heterocycles. The van der Waals surface area contributed by atoms with Crippen molar-refractivity contribution in [2.45, 2.75) is 32.9 Å².